The molecule has 2 heterocycles. The normalized spacial score (nSPS) is 18.9. The number of anilines is 2. The van der Waals surface area contributed by atoms with Crippen LogP contribution in [0.25, 0.3) is 0 Å². The maximum atomic E-state index is 10.5. The Morgan fingerprint density at radius 1 is 1.50 bits per heavy atom. The van der Waals surface area contributed by atoms with E-state index in [1.807, 2.05) is 6.07 Å². The van der Waals surface area contributed by atoms with E-state index >= 15 is 0 Å². The van der Waals surface area contributed by atoms with Crippen molar-refractivity contribution < 1.29 is 15.0 Å². The number of piperidine rings is 1. The van der Waals surface area contributed by atoms with Crippen LogP contribution in [-0.4, -0.2) is 52.4 Å². The summed E-state index contributed by atoms with van der Waals surface area (Å²) in [7, 11) is 0. The lowest BCUT2D eigenvalue weighted by atomic mass is 9.99. The van der Waals surface area contributed by atoms with E-state index < -0.39 is 5.97 Å². The van der Waals surface area contributed by atoms with Gasteiger partial charge >= 0.3 is 5.97 Å². The van der Waals surface area contributed by atoms with E-state index in [-0.39, 0.29) is 13.0 Å². The van der Waals surface area contributed by atoms with Crippen LogP contribution in [0, 0.1) is 5.92 Å². The second-order valence-corrected chi connectivity index (χ2v) is 4.97. The first-order valence-electron chi connectivity index (χ1n) is 6.82. The minimum absolute atomic E-state index is 0.0512. The summed E-state index contributed by atoms with van der Waals surface area (Å²) in [6.07, 6.45) is 3.61. The molecule has 0 radical (unpaired) electrons. The summed E-state index contributed by atoms with van der Waals surface area (Å²) < 4.78 is 0. The summed E-state index contributed by atoms with van der Waals surface area (Å²) in [5.74, 6) is 0.897. The first kappa shape index (κ1) is 14.5. The first-order valence-corrected chi connectivity index (χ1v) is 6.82. The summed E-state index contributed by atoms with van der Waals surface area (Å²) in [6.45, 7) is 2.25. The predicted molar refractivity (Wildman–Crippen MR) is 74.8 cm³/mol. The maximum absolute atomic E-state index is 10.5. The molecule has 1 aromatic rings. The van der Waals surface area contributed by atoms with Crippen molar-refractivity contribution in [1.29, 1.82) is 0 Å². The summed E-state index contributed by atoms with van der Waals surface area (Å²) in [4.78, 5) is 20.9. The molecule has 0 bridgehead atoms. The predicted octanol–water partition coefficient (Wildman–Crippen LogP) is 0.572. The maximum Gasteiger partial charge on any atom is 0.305 e. The molecule has 1 aromatic heterocycles. The molecule has 0 aromatic carbocycles. The second-order valence-electron chi connectivity index (χ2n) is 4.97. The van der Waals surface area contributed by atoms with Crippen LogP contribution in [0.3, 0.4) is 0 Å². The van der Waals surface area contributed by atoms with Crippen molar-refractivity contribution >= 4 is 17.6 Å². The van der Waals surface area contributed by atoms with Gasteiger partial charge in [0.15, 0.2) is 0 Å². The molecule has 0 spiro atoms. The summed E-state index contributed by atoms with van der Waals surface area (Å²) in [6, 6.07) is 1.82. The van der Waals surface area contributed by atoms with Crippen LogP contribution in [-0.2, 0) is 4.79 Å². The van der Waals surface area contributed by atoms with Gasteiger partial charge in [-0.3, -0.25) is 4.79 Å². The lowest BCUT2D eigenvalue weighted by Crippen LogP contribution is -2.37. The van der Waals surface area contributed by atoms with Crippen LogP contribution in [0.1, 0.15) is 19.3 Å². The highest BCUT2D eigenvalue weighted by atomic mass is 16.4. The molecule has 1 atom stereocenters. The van der Waals surface area contributed by atoms with Gasteiger partial charge in [0.25, 0.3) is 0 Å². The van der Waals surface area contributed by atoms with Crippen LogP contribution < -0.4 is 10.2 Å². The van der Waals surface area contributed by atoms with Crippen molar-refractivity contribution in [1.82, 2.24) is 9.97 Å². The molecule has 7 nitrogen and oxygen atoms in total. The minimum Gasteiger partial charge on any atom is -0.481 e. The number of aliphatic hydroxyl groups is 1. The molecule has 20 heavy (non-hydrogen) atoms. The van der Waals surface area contributed by atoms with Crippen LogP contribution in [0.4, 0.5) is 11.6 Å². The molecule has 3 N–H and O–H groups in total. The van der Waals surface area contributed by atoms with Gasteiger partial charge in [0, 0.05) is 32.3 Å². The Labute approximate surface area is 117 Å². The Bertz CT molecular complexity index is 455. The summed E-state index contributed by atoms with van der Waals surface area (Å²) in [5, 5.41) is 20.8. The molecule has 1 aliphatic heterocycles. The largest absolute Gasteiger partial charge is 0.481 e. The van der Waals surface area contributed by atoms with Crippen molar-refractivity contribution in [2.24, 2.45) is 5.92 Å². The number of carboxylic acids is 1. The van der Waals surface area contributed by atoms with Gasteiger partial charge in [0.05, 0.1) is 6.42 Å². The number of carbonyl (C=O) groups is 1. The highest BCUT2D eigenvalue weighted by Crippen LogP contribution is 2.22. The summed E-state index contributed by atoms with van der Waals surface area (Å²) >= 11 is 0. The zero-order valence-electron chi connectivity index (χ0n) is 11.3. The molecule has 1 fully saturated rings. The standard InChI is InChI=1S/C13H20N4O3/c18-8-10-2-1-5-17(7-10)12-6-11(15-9-16-12)14-4-3-13(19)20/h6,9-10,18H,1-5,7-8H2,(H,19,20)(H,14,15,16). The van der Waals surface area contributed by atoms with E-state index in [2.05, 4.69) is 20.2 Å². The Kier molecular flexibility index (Phi) is 5.11. The Hall–Kier alpha value is -1.89. The van der Waals surface area contributed by atoms with Crippen LogP contribution in [0.2, 0.25) is 0 Å². The number of rotatable bonds is 6. The fraction of sp³-hybridized carbons (Fsp3) is 0.615. The number of hydrogen-bond acceptors (Lipinski definition) is 6. The van der Waals surface area contributed by atoms with Gasteiger partial charge in [-0.1, -0.05) is 0 Å². The number of hydrogen-bond donors (Lipinski definition) is 3. The van der Waals surface area contributed by atoms with E-state index in [0.29, 0.717) is 18.3 Å². The lowest BCUT2D eigenvalue weighted by Gasteiger charge is -2.32. The Morgan fingerprint density at radius 3 is 3.10 bits per heavy atom. The van der Waals surface area contributed by atoms with Gasteiger partial charge in [-0.25, -0.2) is 9.97 Å². The van der Waals surface area contributed by atoms with Gasteiger partial charge in [-0.05, 0) is 18.8 Å². The third-order valence-corrected chi connectivity index (χ3v) is 3.40. The van der Waals surface area contributed by atoms with E-state index in [9.17, 15) is 9.90 Å². The van der Waals surface area contributed by atoms with Crippen molar-refractivity contribution in [2.45, 2.75) is 19.3 Å². The van der Waals surface area contributed by atoms with E-state index in [0.717, 1.165) is 31.7 Å². The highest BCUT2D eigenvalue weighted by molar-refractivity contribution is 5.67. The minimum atomic E-state index is -0.839. The molecular formula is C13H20N4O3. The Morgan fingerprint density at radius 2 is 2.35 bits per heavy atom. The number of aliphatic hydroxyl groups excluding tert-OH is 1. The average molecular weight is 280 g/mol. The quantitative estimate of drug-likeness (QED) is 0.700. The van der Waals surface area contributed by atoms with Crippen molar-refractivity contribution in [3.63, 3.8) is 0 Å². The lowest BCUT2D eigenvalue weighted by molar-refractivity contribution is -0.136. The second kappa shape index (κ2) is 7.04. The average Bonchev–Trinajstić information content (AvgIpc) is 2.47. The molecule has 2 rings (SSSR count). The summed E-state index contributed by atoms with van der Waals surface area (Å²) in [5.41, 5.74) is 0. The first-order chi connectivity index (χ1) is 9.69. The third-order valence-electron chi connectivity index (χ3n) is 3.40. The number of carboxylic acid groups (broad SMARTS) is 1. The third kappa shape index (κ3) is 4.06. The molecule has 0 amide bonds. The fourth-order valence-corrected chi connectivity index (χ4v) is 2.34. The topological polar surface area (TPSA) is 98.6 Å². The SMILES string of the molecule is O=C(O)CCNc1cc(N2CCCC(CO)C2)ncn1. The van der Waals surface area contributed by atoms with Crippen molar-refractivity contribution in [3.8, 4) is 0 Å². The number of aromatic nitrogens is 2. The molecular weight excluding hydrogens is 260 g/mol. The van der Waals surface area contributed by atoms with Crippen LogP contribution >= 0.6 is 0 Å². The van der Waals surface area contributed by atoms with Gasteiger partial charge in [-0.15, -0.1) is 0 Å². The molecule has 0 aliphatic carbocycles. The van der Waals surface area contributed by atoms with Gasteiger partial charge in [-0.2, -0.15) is 0 Å². The molecule has 0 saturated carbocycles. The van der Waals surface area contributed by atoms with Crippen molar-refractivity contribution in [2.75, 3.05) is 36.5 Å². The van der Waals surface area contributed by atoms with Crippen LogP contribution in [0.5, 0.6) is 0 Å². The molecule has 1 unspecified atom stereocenters. The highest BCUT2D eigenvalue weighted by Gasteiger charge is 2.20. The van der Waals surface area contributed by atoms with Gasteiger partial charge < -0.3 is 20.4 Å². The molecule has 7 heteroatoms. The molecule has 110 valence electrons. The van der Waals surface area contributed by atoms with Gasteiger partial charge in [0.1, 0.15) is 18.0 Å². The van der Waals surface area contributed by atoms with Crippen molar-refractivity contribution in [3.05, 3.63) is 12.4 Å². The smallest absolute Gasteiger partial charge is 0.305 e. The molecule has 1 saturated heterocycles. The fourth-order valence-electron chi connectivity index (χ4n) is 2.34. The zero-order chi connectivity index (χ0) is 14.4. The van der Waals surface area contributed by atoms with Crippen LogP contribution in [0.15, 0.2) is 12.4 Å². The monoisotopic (exact) mass is 280 g/mol. The van der Waals surface area contributed by atoms with Gasteiger partial charge in [0.2, 0.25) is 0 Å². The van der Waals surface area contributed by atoms with E-state index in [4.69, 9.17) is 5.11 Å². The number of aliphatic carboxylic acids is 1. The van der Waals surface area contributed by atoms with E-state index in [1.165, 1.54) is 6.33 Å². The molecule has 1 aliphatic rings. The number of nitrogens with one attached hydrogen (secondary N) is 1. The van der Waals surface area contributed by atoms with E-state index in [1.54, 1.807) is 0 Å². The zero-order valence-corrected chi connectivity index (χ0v) is 11.3. The number of nitrogens with zero attached hydrogens (tertiary/aromatic N) is 3. The Balaban J connectivity index is 1.96.